The van der Waals surface area contributed by atoms with Gasteiger partial charge in [-0.3, -0.25) is 19.7 Å². The van der Waals surface area contributed by atoms with Crippen molar-refractivity contribution in [1.29, 1.82) is 0 Å². The molecule has 1 aromatic rings. The molecule has 1 amide bonds. The zero-order chi connectivity index (χ0) is 15.6. The fraction of sp³-hybridized carbons (Fsp3) is 0.231. The Hall–Kier alpha value is -1.97. The van der Waals surface area contributed by atoms with Crippen molar-refractivity contribution in [2.45, 2.75) is 12.5 Å². The van der Waals surface area contributed by atoms with Gasteiger partial charge in [-0.25, -0.2) is 0 Å². The standard InChI is InChI=1S/C13H11IN2O5/c14-11-4-3-9(16(20)21)6-10(11)12(17)15-8-2-1-7(5-8)13(18)19/h1-4,6-8H,5H2,(H,15,17)(H,18,19). The number of amides is 1. The first-order chi connectivity index (χ1) is 9.88. The SMILES string of the molecule is O=C(NC1C=CC(C(=O)O)C1)c1cc([N+](=O)[O-])ccc1I. The number of aliphatic carboxylic acids is 1. The highest BCUT2D eigenvalue weighted by atomic mass is 127. The predicted molar refractivity (Wildman–Crippen MR) is 82.0 cm³/mol. The summed E-state index contributed by atoms with van der Waals surface area (Å²) in [5, 5.41) is 22.3. The fourth-order valence-electron chi connectivity index (χ4n) is 2.04. The zero-order valence-corrected chi connectivity index (χ0v) is 12.8. The van der Waals surface area contributed by atoms with Gasteiger partial charge in [0.25, 0.3) is 11.6 Å². The molecule has 2 N–H and O–H groups in total. The van der Waals surface area contributed by atoms with E-state index in [1.807, 2.05) is 22.6 Å². The van der Waals surface area contributed by atoms with Gasteiger partial charge in [0.15, 0.2) is 0 Å². The van der Waals surface area contributed by atoms with E-state index >= 15 is 0 Å². The molecule has 21 heavy (non-hydrogen) atoms. The van der Waals surface area contributed by atoms with Crippen LogP contribution in [-0.4, -0.2) is 27.9 Å². The topological polar surface area (TPSA) is 110 Å². The number of carbonyl (C=O) groups is 2. The van der Waals surface area contributed by atoms with Crippen LogP contribution < -0.4 is 5.32 Å². The van der Waals surface area contributed by atoms with Crippen molar-refractivity contribution in [3.63, 3.8) is 0 Å². The van der Waals surface area contributed by atoms with Gasteiger partial charge in [0.2, 0.25) is 0 Å². The molecule has 1 aliphatic carbocycles. The lowest BCUT2D eigenvalue weighted by Gasteiger charge is -2.13. The van der Waals surface area contributed by atoms with Crippen LogP contribution in [0.15, 0.2) is 30.4 Å². The van der Waals surface area contributed by atoms with Crippen molar-refractivity contribution in [2.24, 2.45) is 5.92 Å². The molecule has 0 spiro atoms. The number of carboxylic acid groups (broad SMARTS) is 1. The van der Waals surface area contributed by atoms with E-state index in [-0.39, 0.29) is 23.7 Å². The van der Waals surface area contributed by atoms with Crippen LogP contribution in [0, 0.1) is 19.6 Å². The quantitative estimate of drug-likeness (QED) is 0.346. The molecule has 0 bridgehead atoms. The number of nitro groups is 1. The largest absolute Gasteiger partial charge is 0.481 e. The Labute approximate surface area is 133 Å². The number of hydrogen-bond acceptors (Lipinski definition) is 4. The van der Waals surface area contributed by atoms with E-state index in [2.05, 4.69) is 5.32 Å². The Bertz CT molecular complexity index is 643. The van der Waals surface area contributed by atoms with Gasteiger partial charge in [-0.2, -0.15) is 0 Å². The normalized spacial score (nSPS) is 20.2. The van der Waals surface area contributed by atoms with Gasteiger partial charge in [-0.1, -0.05) is 12.2 Å². The van der Waals surface area contributed by atoms with Gasteiger partial charge in [0, 0.05) is 21.7 Å². The zero-order valence-electron chi connectivity index (χ0n) is 10.7. The maximum Gasteiger partial charge on any atom is 0.310 e. The summed E-state index contributed by atoms with van der Waals surface area (Å²) in [4.78, 5) is 33.2. The highest BCUT2D eigenvalue weighted by Gasteiger charge is 2.26. The first-order valence-corrected chi connectivity index (χ1v) is 7.12. The summed E-state index contributed by atoms with van der Waals surface area (Å²) in [6.07, 6.45) is 3.44. The number of non-ortho nitro benzene ring substituents is 1. The summed E-state index contributed by atoms with van der Waals surface area (Å²) in [5.74, 6) is -2.00. The summed E-state index contributed by atoms with van der Waals surface area (Å²) in [7, 11) is 0. The third kappa shape index (κ3) is 3.57. The molecule has 0 saturated carbocycles. The third-order valence-corrected chi connectivity index (χ3v) is 4.06. The second-order valence-electron chi connectivity index (χ2n) is 4.57. The van der Waals surface area contributed by atoms with Gasteiger partial charge < -0.3 is 10.4 Å². The second kappa shape index (κ2) is 6.20. The molecular weight excluding hydrogens is 391 g/mol. The highest BCUT2D eigenvalue weighted by molar-refractivity contribution is 14.1. The van der Waals surface area contributed by atoms with Crippen LogP contribution in [0.25, 0.3) is 0 Å². The molecule has 0 saturated heterocycles. The van der Waals surface area contributed by atoms with Crippen LogP contribution in [0.3, 0.4) is 0 Å². The fourth-order valence-corrected chi connectivity index (χ4v) is 2.62. The number of rotatable bonds is 4. The van der Waals surface area contributed by atoms with Crippen molar-refractivity contribution >= 4 is 40.2 Å². The van der Waals surface area contributed by atoms with Crippen LogP contribution in [-0.2, 0) is 4.79 Å². The predicted octanol–water partition coefficient (Wildman–Crippen LogP) is 1.96. The molecular formula is C13H11IN2O5. The molecule has 0 fully saturated rings. The summed E-state index contributed by atoms with van der Waals surface area (Å²) >= 11 is 1.92. The Morgan fingerprint density at radius 3 is 2.67 bits per heavy atom. The number of nitro benzene ring substituents is 1. The number of nitrogens with zero attached hydrogens (tertiary/aromatic N) is 1. The van der Waals surface area contributed by atoms with E-state index in [0.717, 1.165) is 0 Å². The molecule has 0 heterocycles. The van der Waals surface area contributed by atoms with Gasteiger partial charge >= 0.3 is 5.97 Å². The molecule has 0 aliphatic heterocycles. The average molecular weight is 402 g/mol. The van der Waals surface area contributed by atoms with Crippen LogP contribution in [0.2, 0.25) is 0 Å². The minimum Gasteiger partial charge on any atom is -0.481 e. The molecule has 7 nitrogen and oxygen atoms in total. The van der Waals surface area contributed by atoms with E-state index in [0.29, 0.717) is 3.57 Å². The van der Waals surface area contributed by atoms with Crippen LogP contribution in [0.5, 0.6) is 0 Å². The number of carbonyl (C=O) groups excluding carboxylic acids is 1. The van der Waals surface area contributed by atoms with Crippen molar-refractivity contribution in [1.82, 2.24) is 5.32 Å². The van der Waals surface area contributed by atoms with Gasteiger partial charge in [0.05, 0.1) is 16.4 Å². The van der Waals surface area contributed by atoms with E-state index in [1.165, 1.54) is 24.3 Å². The molecule has 2 unspecified atom stereocenters. The van der Waals surface area contributed by atoms with E-state index in [4.69, 9.17) is 5.11 Å². The van der Waals surface area contributed by atoms with Gasteiger partial charge in [-0.05, 0) is 35.1 Å². The van der Waals surface area contributed by atoms with Gasteiger partial charge in [-0.15, -0.1) is 0 Å². The van der Waals surface area contributed by atoms with Gasteiger partial charge in [0.1, 0.15) is 0 Å². The van der Waals surface area contributed by atoms with Crippen LogP contribution in [0.1, 0.15) is 16.8 Å². The molecule has 0 aromatic heterocycles. The first-order valence-electron chi connectivity index (χ1n) is 6.04. The van der Waals surface area contributed by atoms with Crippen molar-refractivity contribution in [2.75, 3.05) is 0 Å². The van der Waals surface area contributed by atoms with Crippen LogP contribution in [0.4, 0.5) is 5.69 Å². The minimum atomic E-state index is -0.937. The highest BCUT2D eigenvalue weighted by Crippen LogP contribution is 2.22. The lowest BCUT2D eigenvalue weighted by molar-refractivity contribution is -0.384. The number of hydrogen-bond donors (Lipinski definition) is 2. The lowest BCUT2D eigenvalue weighted by atomic mass is 10.1. The first kappa shape index (κ1) is 15.4. The lowest BCUT2D eigenvalue weighted by Crippen LogP contribution is -2.33. The maximum absolute atomic E-state index is 12.2. The van der Waals surface area contributed by atoms with Crippen molar-refractivity contribution in [3.05, 3.63) is 49.6 Å². The minimum absolute atomic E-state index is 0.161. The number of benzene rings is 1. The third-order valence-electron chi connectivity index (χ3n) is 3.12. The van der Waals surface area contributed by atoms with Crippen molar-refractivity contribution in [3.8, 4) is 0 Å². The van der Waals surface area contributed by atoms with Crippen molar-refractivity contribution < 1.29 is 19.6 Å². The molecule has 1 aromatic carbocycles. The number of halogens is 1. The van der Waals surface area contributed by atoms with E-state index in [9.17, 15) is 19.7 Å². The van der Waals surface area contributed by atoms with E-state index in [1.54, 1.807) is 6.08 Å². The summed E-state index contributed by atoms with van der Waals surface area (Å²) in [6.45, 7) is 0. The monoisotopic (exact) mass is 402 g/mol. The number of nitrogens with one attached hydrogen (secondary N) is 1. The number of carboxylic acids is 1. The Kier molecular flexibility index (Phi) is 4.56. The Morgan fingerprint density at radius 2 is 2.10 bits per heavy atom. The van der Waals surface area contributed by atoms with E-state index < -0.39 is 22.7 Å². The summed E-state index contributed by atoms with van der Waals surface area (Å²) < 4.78 is 0.590. The maximum atomic E-state index is 12.2. The smallest absolute Gasteiger partial charge is 0.310 e. The molecule has 1 aliphatic rings. The Morgan fingerprint density at radius 1 is 1.38 bits per heavy atom. The Balaban J connectivity index is 2.11. The second-order valence-corrected chi connectivity index (χ2v) is 5.73. The molecule has 110 valence electrons. The summed E-state index contributed by atoms with van der Waals surface area (Å²) in [5.41, 5.74) is 0.0444. The van der Waals surface area contributed by atoms with Crippen LogP contribution >= 0.6 is 22.6 Å². The molecule has 8 heteroatoms. The molecule has 2 atom stereocenters. The summed E-state index contributed by atoms with van der Waals surface area (Å²) in [6, 6.07) is 3.66. The average Bonchev–Trinajstić information content (AvgIpc) is 2.87. The molecule has 2 rings (SSSR count). The molecule has 0 radical (unpaired) electrons.